The lowest BCUT2D eigenvalue weighted by atomic mass is 10.4. The van der Waals surface area contributed by atoms with E-state index < -0.39 is 4.81 Å². The lowest BCUT2D eigenvalue weighted by Gasteiger charge is -2.18. The first-order valence-electron chi connectivity index (χ1n) is 2.26. The number of quaternary nitrogens is 1. The summed E-state index contributed by atoms with van der Waals surface area (Å²) >= 11 is 0. The summed E-state index contributed by atoms with van der Waals surface area (Å²) in [4.78, 5) is -0.944. The van der Waals surface area contributed by atoms with Crippen LogP contribution >= 0.6 is 0 Å². The number of hydroxylamine groups is 4. The van der Waals surface area contributed by atoms with Gasteiger partial charge in [0, 0.05) is 0 Å². The molecular formula is C4H12ClNO2. The standard InChI is InChI=1S/C4H12NO2.ClH/c1-4(2)5(3,6)7;/h4,6-7H,1-3H3;1H/q+1;/p-1. The van der Waals surface area contributed by atoms with E-state index in [0.717, 1.165) is 0 Å². The van der Waals surface area contributed by atoms with Gasteiger partial charge in [0.05, 0.1) is 0 Å². The summed E-state index contributed by atoms with van der Waals surface area (Å²) < 4.78 is 0. The SMILES string of the molecule is CC(C)[N+](C)(O)O.[Cl-]. The van der Waals surface area contributed by atoms with Crippen molar-refractivity contribution in [2.45, 2.75) is 19.9 Å². The van der Waals surface area contributed by atoms with E-state index in [9.17, 15) is 0 Å². The molecule has 0 aromatic rings. The van der Waals surface area contributed by atoms with Crippen molar-refractivity contribution in [1.82, 2.24) is 0 Å². The highest BCUT2D eigenvalue weighted by Gasteiger charge is 2.18. The Balaban J connectivity index is 0. The molecule has 0 unspecified atom stereocenters. The van der Waals surface area contributed by atoms with E-state index >= 15 is 0 Å². The molecule has 0 rings (SSSR count). The van der Waals surface area contributed by atoms with Gasteiger partial charge in [0.1, 0.15) is 13.1 Å². The third-order valence-electron chi connectivity index (χ3n) is 0.978. The second-order valence-corrected chi connectivity index (χ2v) is 2.07. The minimum absolute atomic E-state index is 0. The number of hydrogen-bond donors (Lipinski definition) is 2. The van der Waals surface area contributed by atoms with Crippen molar-refractivity contribution in [3.05, 3.63) is 0 Å². The van der Waals surface area contributed by atoms with Gasteiger partial charge in [-0.2, -0.15) is 10.4 Å². The van der Waals surface area contributed by atoms with Gasteiger partial charge >= 0.3 is 0 Å². The fourth-order valence-corrected chi connectivity index (χ4v) is 0. The molecule has 0 amide bonds. The topological polar surface area (TPSA) is 40.5 Å². The summed E-state index contributed by atoms with van der Waals surface area (Å²) in [5, 5.41) is 17.2. The molecule has 0 aromatic carbocycles. The highest BCUT2D eigenvalue weighted by Crippen LogP contribution is 1.96. The van der Waals surface area contributed by atoms with E-state index in [2.05, 4.69) is 0 Å². The van der Waals surface area contributed by atoms with Crippen LogP contribution < -0.4 is 12.4 Å². The Morgan fingerprint density at radius 3 is 1.38 bits per heavy atom. The van der Waals surface area contributed by atoms with Crippen LogP contribution in [0.5, 0.6) is 0 Å². The van der Waals surface area contributed by atoms with Crippen molar-refractivity contribution < 1.29 is 27.6 Å². The Kier molecular flexibility index (Phi) is 4.48. The molecule has 0 spiro atoms. The van der Waals surface area contributed by atoms with E-state index in [-0.39, 0.29) is 18.4 Å². The van der Waals surface area contributed by atoms with Crippen LogP contribution in [-0.4, -0.2) is 28.3 Å². The summed E-state index contributed by atoms with van der Waals surface area (Å²) in [5.74, 6) is 0. The first-order valence-corrected chi connectivity index (χ1v) is 2.26. The predicted molar refractivity (Wildman–Crippen MR) is 24.9 cm³/mol. The summed E-state index contributed by atoms with van der Waals surface area (Å²) in [6.45, 7) is 3.44. The lowest BCUT2D eigenvalue weighted by molar-refractivity contribution is -1.25. The maximum Gasteiger partial charge on any atom is 0.146 e. The van der Waals surface area contributed by atoms with Gasteiger partial charge in [0.25, 0.3) is 0 Å². The van der Waals surface area contributed by atoms with Crippen LogP contribution in [0.3, 0.4) is 0 Å². The Hall–Kier alpha value is 0.170. The van der Waals surface area contributed by atoms with Crippen LogP contribution in [0.1, 0.15) is 13.8 Å². The number of rotatable bonds is 1. The molecule has 2 N–H and O–H groups in total. The molecule has 8 heavy (non-hydrogen) atoms. The van der Waals surface area contributed by atoms with Crippen molar-refractivity contribution in [2.24, 2.45) is 0 Å². The van der Waals surface area contributed by atoms with Gasteiger partial charge < -0.3 is 12.4 Å². The van der Waals surface area contributed by atoms with Gasteiger partial charge in [-0.25, -0.2) is 0 Å². The molecule has 0 atom stereocenters. The molecule has 0 radical (unpaired) electrons. The van der Waals surface area contributed by atoms with Crippen LogP contribution in [-0.2, 0) is 0 Å². The first kappa shape index (κ1) is 11.0. The average Bonchev–Trinajstić information content (AvgIpc) is 1.31. The molecule has 0 saturated carbocycles. The summed E-state index contributed by atoms with van der Waals surface area (Å²) in [5.41, 5.74) is 0. The van der Waals surface area contributed by atoms with E-state index in [1.165, 1.54) is 7.05 Å². The largest absolute Gasteiger partial charge is 1.00 e. The molecule has 0 aliphatic heterocycles. The molecule has 0 aromatic heterocycles. The predicted octanol–water partition coefficient (Wildman–Crippen LogP) is -2.38. The Morgan fingerprint density at radius 2 is 1.38 bits per heavy atom. The summed E-state index contributed by atoms with van der Waals surface area (Å²) in [7, 11) is 1.31. The number of hydrogen-bond acceptors (Lipinski definition) is 2. The van der Waals surface area contributed by atoms with Crippen molar-refractivity contribution >= 4 is 0 Å². The average molecular weight is 142 g/mol. The maximum absolute atomic E-state index is 8.59. The van der Waals surface area contributed by atoms with Gasteiger partial charge in [-0.1, -0.05) is 0 Å². The van der Waals surface area contributed by atoms with Crippen molar-refractivity contribution in [3.63, 3.8) is 0 Å². The van der Waals surface area contributed by atoms with Gasteiger partial charge in [-0.3, -0.25) is 0 Å². The molecule has 0 fully saturated rings. The lowest BCUT2D eigenvalue weighted by Crippen LogP contribution is -3.00. The van der Waals surface area contributed by atoms with Crippen LogP contribution in [0.25, 0.3) is 0 Å². The van der Waals surface area contributed by atoms with E-state index in [4.69, 9.17) is 10.4 Å². The first-order chi connectivity index (χ1) is 2.94. The maximum atomic E-state index is 8.59. The van der Waals surface area contributed by atoms with Crippen LogP contribution in [0.4, 0.5) is 0 Å². The third kappa shape index (κ3) is 4.33. The summed E-state index contributed by atoms with van der Waals surface area (Å²) in [6.07, 6.45) is 0. The molecule has 0 saturated heterocycles. The van der Waals surface area contributed by atoms with Crippen molar-refractivity contribution in [1.29, 1.82) is 0 Å². The molecule has 0 aliphatic rings. The molecule has 0 aliphatic carbocycles. The Labute approximate surface area is 55.5 Å². The van der Waals surface area contributed by atoms with E-state index in [1.807, 2.05) is 0 Å². The quantitative estimate of drug-likeness (QED) is 0.317. The molecule has 0 heterocycles. The minimum atomic E-state index is -0.944. The van der Waals surface area contributed by atoms with Crippen molar-refractivity contribution in [2.75, 3.05) is 7.05 Å². The van der Waals surface area contributed by atoms with Gasteiger partial charge in [0.2, 0.25) is 0 Å². The van der Waals surface area contributed by atoms with Crippen molar-refractivity contribution in [3.8, 4) is 0 Å². The molecular weight excluding hydrogens is 130 g/mol. The fourth-order valence-electron chi connectivity index (χ4n) is 0. The molecule has 4 heteroatoms. The third-order valence-corrected chi connectivity index (χ3v) is 0.978. The second-order valence-electron chi connectivity index (χ2n) is 2.07. The van der Waals surface area contributed by atoms with Crippen LogP contribution in [0.15, 0.2) is 0 Å². The zero-order valence-electron chi connectivity index (χ0n) is 5.30. The number of nitrogens with zero attached hydrogens (tertiary/aromatic N) is 1. The summed E-state index contributed by atoms with van der Waals surface area (Å²) in [6, 6.07) is -0.153. The number of halogens is 1. The monoisotopic (exact) mass is 141 g/mol. The Bertz CT molecular complexity index is 59.5. The van der Waals surface area contributed by atoms with E-state index in [1.54, 1.807) is 13.8 Å². The fraction of sp³-hybridized carbons (Fsp3) is 1.00. The van der Waals surface area contributed by atoms with Crippen LogP contribution in [0.2, 0.25) is 0 Å². The highest BCUT2D eigenvalue weighted by molar-refractivity contribution is 4.25. The smallest absolute Gasteiger partial charge is 0.146 e. The minimum Gasteiger partial charge on any atom is -1.00 e. The molecule has 3 nitrogen and oxygen atoms in total. The zero-order valence-corrected chi connectivity index (χ0v) is 6.05. The van der Waals surface area contributed by atoms with E-state index in [0.29, 0.717) is 0 Å². The normalized spacial score (nSPS) is 11.2. The van der Waals surface area contributed by atoms with Gasteiger partial charge in [0.15, 0.2) is 0 Å². The zero-order chi connectivity index (χ0) is 6.08. The highest BCUT2D eigenvalue weighted by atomic mass is 35.5. The molecule has 52 valence electrons. The second kappa shape index (κ2) is 3.25. The van der Waals surface area contributed by atoms with Gasteiger partial charge in [-0.15, -0.1) is 0 Å². The Morgan fingerprint density at radius 1 is 1.25 bits per heavy atom. The van der Waals surface area contributed by atoms with Crippen LogP contribution in [0, 0.1) is 0 Å². The molecule has 0 bridgehead atoms. The van der Waals surface area contributed by atoms with Gasteiger partial charge in [-0.05, 0) is 18.7 Å².